The van der Waals surface area contributed by atoms with Gasteiger partial charge in [0.05, 0.1) is 0 Å². The molecule has 2 rings (SSSR count). The third kappa shape index (κ3) is 3.55. The number of nitrogens with zero attached hydrogens (tertiary/aromatic N) is 1. The van der Waals surface area contributed by atoms with Crippen molar-refractivity contribution in [2.45, 2.75) is 34.1 Å². The zero-order valence-corrected chi connectivity index (χ0v) is 13.7. The van der Waals surface area contributed by atoms with Crippen LogP contribution in [-0.2, 0) is 6.42 Å². The fourth-order valence-electron chi connectivity index (χ4n) is 2.44. The van der Waals surface area contributed by atoms with Crippen LogP contribution in [0, 0.1) is 27.7 Å². The van der Waals surface area contributed by atoms with E-state index in [0.29, 0.717) is 12.4 Å². The van der Waals surface area contributed by atoms with Crippen LogP contribution in [0.4, 0.5) is 0 Å². The van der Waals surface area contributed by atoms with Gasteiger partial charge in [-0.3, -0.25) is 0 Å². The van der Waals surface area contributed by atoms with Crippen LogP contribution in [0.1, 0.15) is 27.9 Å². The van der Waals surface area contributed by atoms with E-state index in [1.807, 2.05) is 39.8 Å². The highest BCUT2D eigenvalue weighted by Crippen LogP contribution is 2.33. The van der Waals surface area contributed by atoms with E-state index in [-0.39, 0.29) is 0 Å². The summed E-state index contributed by atoms with van der Waals surface area (Å²) in [5, 5.41) is 0.718. The first kappa shape index (κ1) is 15.8. The number of aromatic nitrogens is 1. The van der Waals surface area contributed by atoms with Gasteiger partial charge in [-0.25, -0.2) is 4.98 Å². The van der Waals surface area contributed by atoms with E-state index >= 15 is 0 Å². The molecule has 0 aliphatic rings. The summed E-state index contributed by atoms with van der Waals surface area (Å²) in [6, 6.07) is 5.86. The Bertz CT molecular complexity index is 645. The van der Waals surface area contributed by atoms with Gasteiger partial charge >= 0.3 is 0 Å². The highest BCUT2D eigenvalue weighted by Gasteiger charge is 2.13. The molecule has 0 amide bonds. The Labute approximate surface area is 131 Å². The topological polar surface area (TPSA) is 48.1 Å². The lowest BCUT2D eigenvalue weighted by Gasteiger charge is -2.16. The van der Waals surface area contributed by atoms with E-state index in [0.717, 1.165) is 39.6 Å². The van der Waals surface area contributed by atoms with Crippen molar-refractivity contribution in [3.05, 3.63) is 51.2 Å². The van der Waals surface area contributed by atoms with Crippen LogP contribution >= 0.6 is 11.6 Å². The number of hydrogen-bond acceptors (Lipinski definition) is 3. The second kappa shape index (κ2) is 6.46. The SMILES string of the molecule is Cc1cc(CCN)c(C)c(Oc2c(C)cc(Cl)cc2C)n1. The van der Waals surface area contributed by atoms with Crippen molar-refractivity contribution in [3.8, 4) is 11.6 Å². The quantitative estimate of drug-likeness (QED) is 0.918. The maximum Gasteiger partial charge on any atom is 0.222 e. The van der Waals surface area contributed by atoms with Gasteiger partial charge in [0, 0.05) is 16.3 Å². The average molecular weight is 305 g/mol. The van der Waals surface area contributed by atoms with Gasteiger partial charge in [0.25, 0.3) is 0 Å². The van der Waals surface area contributed by atoms with Gasteiger partial charge in [0.15, 0.2) is 0 Å². The minimum absolute atomic E-state index is 0.614. The minimum atomic E-state index is 0.614. The van der Waals surface area contributed by atoms with Crippen molar-refractivity contribution in [1.29, 1.82) is 0 Å². The first-order valence-corrected chi connectivity index (χ1v) is 7.42. The van der Waals surface area contributed by atoms with E-state index in [1.54, 1.807) is 0 Å². The number of rotatable bonds is 4. The molecule has 0 unspecified atom stereocenters. The molecule has 1 aromatic carbocycles. The molecule has 1 heterocycles. The lowest BCUT2D eigenvalue weighted by Crippen LogP contribution is -2.06. The number of pyridine rings is 1. The Kier molecular flexibility index (Phi) is 4.86. The maximum atomic E-state index is 6.08. The summed E-state index contributed by atoms with van der Waals surface area (Å²) in [7, 11) is 0. The smallest absolute Gasteiger partial charge is 0.222 e. The normalized spacial score (nSPS) is 10.8. The number of ether oxygens (including phenoxy) is 1. The van der Waals surface area contributed by atoms with E-state index in [4.69, 9.17) is 22.1 Å². The largest absolute Gasteiger partial charge is 0.438 e. The summed E-state index contributed by atoms with van der Waals surface area (Å²) in [5.41, 5.74) is 10.8. The third-order valence-electron chi connectivity index (χ3n) is 3.50. The molecule has 0 aliphatic heterocycles. The van der Waals surface area contributed by atoms with Crippen LogP contribution in [0.5, 0.6) is 11.6 Å². The molecule has 21 heavy (non-hydrogen) atoms. The molecular formula is C17H21ClN2O. The average Bonchev–Trinajstić information content (AvgIpc) is 2.39. The van der Waals surface area contributed by atoms with Crippen molar-refractivity contribution >= 4 is 11.6 Å². The lowest BCUT2D eigenvalue weighted by atomic mass is 10.1. The summed E-state index contributed by atoms with van der Waals surface area (Å²) in [5.74, 6) is 1.46. The number of aryl methyl sites for hydroxylation is 3. The third-order valence-corrected chi connectivity index (χ3v) is 3.72. The first-order chi connectivity index (χ1) is 9.92. The molecule has 0 bridgehead atoms. The molecule has 0 fully saturated rings. The molecule has 1 aromatic heterocycles. The minimum Gasteiger partial charge on any atom is -0.438 e. The molecule has 4 heteroatoms. The fourth-order valence-corrected chi connectivity index (χ4v) is 2.77. The number of halogens is 1. The fraction of sp³-hybridized carbons (Fsp3) is 0.353. The van der Waals surface area contributed by atoms with Crippen molar-refractivity contribution in [1.82, 2.24) is 4.98 Å². The molecule has 0 saturated heterocycles. The first-order valence-electron chi connectivity index (χ1n) is 7.04. The Morgan fingerprint density at radius 3 is 2.29 bits per heavy atom. The zero-order valence-electron chi connectivity index (χ0n) is 13.0. The van der Waals surface area contributed by atoms with Gasteiger partial charge in [-0.15, -0.1) is 0 Å². The highest BCUT2D eigenvalue weighted by molar-refractivity contribution is 6.30. The van der Waals surface area contributed by atoms with Gasteiger partial charge in [0.2, 0.25) is 5.88 Å². The van der Waals surface area contributed by atoms with Gasteiger partial charge in [0.1, 0.15) is 5.75 Å². The molecule has 0 saturated carbocycles. The summed E-state index contributed by atoms with van der Waals surface area (Å²) in [6.07, 6.45) is 0.824. The number of benzene rings is 1. The molecular weight excluding hydrogens is 284 g/mol. The number of nitrogens with two attached hydrogens (primary N) is 1. The molecule has 0 radical (unpaired) electrons. The summed E-state index contributed by atoms with van der Waals surface area (Å²) < 4.78 is 6.08. The molecule has 0 aliphatic carbocycles. The van der Waals surface area contributed by atoms with Gasteiger partial charge in [-0.2, -0.15) is 0 Å². The Morgan fingerprint density at radius 1 is 1.10 bits per heavy atom. The van der Waals surface area contributed by atoms with Crippen LogP contribution in [-0.4, -0.2) is 11.5 Å². The zero-order chi connectivity index (χ0) is 15.6. The Balaban J connectivity index is 2.45. The van der Waals surface area contributed by atoms with Crippen LogP contribution < -0.4 is 10.5 Å². The molecule has 0 atom stereocenters. The molecule has 3 nitrogen and oxygen atoms in total. The summed E-state index contributed by atoms with van der Waals surface area (Å²) in [4.78, 5) is 4.52. The van der Waals surface area contributed by atoms with E-state index < -0.39 is 0 Å². The van der Waals surface area contributed by atoms with Crippen molar-refractivity contribution in [3.63, 3.8) is 0 Å². The predicted octanol–water partition coefficient (Wildman–Crippen LogP) is 4.26. The van der Waals surface area contributed by atoms with Gasteiger partial charge in [-0.05, 0) is 75.5 Å². The predicted molar refractivity (Wildman–Crippen MR) is 87.5 cm³/mol. The monoisotopic (exact) mass is 304 g/mol. The molecule has 0 spiro atoms. The van der Waals surface area contributed by atoms with Crippen molar-refractivity contribution < 1.29 is 4.74 Å². The number of hydrogen-bond donors (Lipinski definition) is 1. The molecule has 2 aromatic rings. The van der Waals surface area contributed by atoms with E-state index in [1.165, 1.54) is 5.56 Å². The van der Waals surface area contributed by atoms with Crippen LogP contribution in [0.3, 0.4) is 0 Å². The van der Waals surface area contributed by atoms with Crippen molar-refractivity contribution in [2.24, 2.45) is 5.73 Å². The van der Waals surface area contributed by atoms with E-state index in [2.05, 4.69) is 11.1 Å². The van der Waals surface area contributed by atoms with Crippen LogP contribution in [0.25, 0.3) is 0 Å². The van der Waals surface area contributed by atoms with E-state index in [9.17, 15) is 0 Å². The second-order valence-corrected chi connectivity index (χ2v) is 5.80. The summed E-state index contributed by atoms with van der Waals surface area (Å²) >= 11 is 6.06. The highest BCUT2D eigenvalue weighted by atomic mass is 35.5. The standard InChI is InChI=1S/C17H21ClN2O/c1-10-7-15(18)8-11(2)16(10)21-17-13(4)14(5-6-19)9-12(3)20-17/h7-9H,5-6,19H2,1-4H3. The van der Waals surface area contributed by atoms with Crippen molar-refractivity contribution in [2.75, 3.05) is 6.54 Å². The van der Waals surface area contributed by atoms with Crippen LogP contribution in [0.2, 0.25) is 5.02 Å². The Morgan fingerprint density at radius 2 is 1.71 bits per heavy atom. The van der Waals surface area contributed by atoms with Gasteiger partial charge < -0.3 is 10.5 Å². The lowest BCUT2D eigenvalue weighted by molar-refractivity contribution is 0.450. The van der Waals surface area contributed by atoms with Crippen LogP contribution in [0.15, 0.2) is 18.2 Å². The Hall–Kier alpha value is -1.58. The maximum absolute atomic E-state index is 6.08. The summed E-state index contributed by atoms with van der Waals surface area (Å²) in [6.45, 7) is 8.57. The van der Waals surface area contributed by atoms with Gasteiger partial charge in [-0.1, -0.05) is 11.6 Å². The second-order valence-electron chi connectivity index (χ2n) is 5.36. The molecule has 2 N–H and O–H groups in total. The molecule has 112 valence electrons.